The molecule has 0 atom stereocenters. The van der Waals surface area contributed by atoms with Crippen molar-refractivity contribution in [3.63, 3.8) is 0 Å². The number of nitrogens with zero attached hydrogens (tertiary/aromatic N) is 4. The molecule has 2 aromatic heterocycles. The fourth-order valence-corrected chi connectivity index (χ4v) is 3.52. The predicted molar refractivity (Wildman–Crippen MR) is 109 cm³/mol. The summed E-state index contributed by atoms with van der Waals surface area (Å²) >= 11 is 1.59. The van der Waals surface area contributed by atoms with Gasteiger partial charge in [-0.15, -0.1) is 11.3 Å². The number of hydrogen-bond donors (Lipinski definition) is 1. The van der Waals surface area contributed by atoms with Crippen LogP contribution in [0, 0.1) is 6.92 Å². The van der Waals surface area contributed by atoms with Gasteiger partial charge in [0, 0.05) is 43.0 Å². The van der Waals surface area contributed by atoms with E-state index in [1.54, 1.807) is 23.3 Å². The van der Waals surface area contributed by atoms with E-state index in [0.29, 0.717) is 12.5 Å². The number of amides is 2. The standard InChI is InChI=1S/C20H25N5OS/c1-14(2)19-21-8-9-25(19)11-16-6-5-7-17(10-16)23-20(26)24(4)12-18-13-27-15(3)22-18/h5-10,13-14H,11-12H2,1-4H3,(H,23,26). The van der Waals surface area contributed by atoms with Gasteiger partial charge in [0.15, 0.2) is 0 Å². The molecule has 0 bridgehead atoms. The van der Waals surface area contributed by atoms with E-state index in [2.05, 4.69) is 39.8 Å². The summed E-state index contributed by atoms with van der Waals surface area (Å²) in [5, 5.41) is 5.95. The maximum absolute atomic E-state index is 12.5. The molecule has 0 unspecified atom stereocenters. The molecule has 0 radical (unpaired) electrons. The Kier molecular flexibility index (Phi) is 5.91. The molecule has 27 heavy (non-hydrogen) atoms. The van der Waals surface area contributed by atoms with Crippen molar-refractivity contribution in [1.29, 1.82) is 0 Å². The zero-order chi connectivity index (χ0) is 19.4. The molecule has 0 fully saturated rings. The normalized spacial score (nSPS) is 11.0. The highest BCUT2D eigenvalue weighted by Gasteiger charge is 2.12. The summed E-state index contributed by atoms with van der Waals surface area (Å²) in [4.78, 5) is 22.9. The molecule has 3 rings (SSSR count). The molecule has 1 N–H and O–H groups in total. The highest BCUT2D eigenvalue weighted by atomic mass is 32.1. The number of urea groups is 1. The van der Waals surface area contributed by atoms with Crippen molar-refractivity contribution in [2.75, 3.05) is 12.4 Å². The average molecular weight is 384 g/mol. The Labute approximate surface area is 163 Å². The van der Waals surface area contributed by atoms with Crippen molar-refractivity contribution in [1.82, 2.24) is 19.4 Å². The third kappa shape index (κ3) is 4.95. The van der Waals surface area contributed by atoms with Gasteiger partial charge in [-0.3, -0.25) is 0 Å². The third-order valence-corrected chi connectivity index (χ3v) is 5.03. The molecule has 0 spiro atoms. The van der Waals surface area contributed by atoms with E-state index in [4.69, 9.17) is 0 Å². The van der Waals surface area contributed by atoms with E-state index in [9.17, 15) is 4.79 Å². The Bertz CT molecular complexity index is 915. The number of nitrogens with one attached hydrogen (secondary N) is 1. The van der Waals surface area contributed by atoms with Gasteiger partial charge in [-0.25, -0.2) is 14.8 Å². The van der Waals surface area contributed by atoms with Crippen LogP contribution in [0.4, 0.5) is 10.5 Å². The number of rotatable bonds is 6. The molecular formula is C20H25N5OS. The molecule has 0 aliphatic carbocycles. The fourth-order valence-electron chi connectivity index (χ4n) is 2.91. The molecule has 6 nitrogen and oxygen atoms in total. The van der Waals surface area contributed by atoms with E-state index < -0.39 is 0 Å². The lowest BCUT2D eigenvalue weighted by Crippen LogP contribution is -2.31. The lowest BCUT2D eigenvalue weighted by atomic mass is 10.1. The minimum Gasteiger partial charge on any atom is -0.330 e. The van der Waals surface area contributed by atoms with Crippen LogP contribution in [-0.2, 0) is 13.1 Å². The quantitative estimate of drug-likeness (QED) is 0.682. The molecule has 2 heterocycles. The van der Waals surface area contributed by atoms with Crippen molar-refractivity contribution in [3.05, 3.63) is 64.1 Å². The minimum absolute atomic E-state index is 0.150. The highest BCUT2D eigenvalue weighted by molar-refractivity contribution is 7.09. The van der Waals surface area contributed by atoms with Gasteiger partial charge in [0.2, 0.25) is 0 Å². The summed E-state index contributed by atoms with van der Waals surface area (Å²) < 4.78 is 2.14. The van der Waals surface area contributed by atoms with E-state index in [0.717, 1.165) is 34.3 Å². The second-order valence-corrected chi connectivity index (χ2v) is 7.97. The number of thiazole rings is 1. The van der Waals surface area contributed by atoms with Crippen LogP contribution in [0.15, 0.2) is 42.0 Å². The van der Waals surface area contributed by atoms with Crippen molar-refractivity contribution >= 4 is 23.1 Å². The number of carbonyl (C=O) groups excluding carboxylic acids is 1. The zero-order valence-electron chi connectivity index (χ0n) is 16.1. The lowest BCUT2D eigenvalue weighted by molar-refractivity contribution is 0.220. The first-order valence-corrected chi connectivity index (χ1v) is 9.83. The number of hydrogen-bond acceptors (Lipinski definition) is 4. The molecule has 3 aromatic rings. The van der Waals surface area contributed by atoms with Crippen molar-refractivity contribution in [2.24, 2.45) is 0 Å². The van der Waals surface area contributed by atoms with Gasteiger partial charge in [0.25, 0.3) is 0 Å². The SMILES string of the molecule is Cc1nc(CN(C)C(=O)Nc2cccc(Cn3ccnc3C(C)C)c2)cs1. The first-order valence-electron chi connectivity index (χ1n) is 8.95. The molecule has 2 amide bonds. The van der Waals surface area contributed by atoms with E-state index in [1.807, 2.05) is 42.9 Å². The zero-order valence-corrected chi connectivity index (χ0v) is 17.0. The molecule has 0 saturated heterocycles. The van der Waals surface area contributed by atoms with Crippen LogP contribution in [-0.4, -0.2) is 32.5 Å². The average Bonchev–Trinajstić information content (AvgIpc) is 3.24. The molecule has 0 aliphatic rings. The third-order valence-electron chi connectivity index (χ3n) is 4.21. The van der Waals surface area contributed by atoms with Gasteiger partial charge in [0.05, 0.1) is 17.2 Å². The van der Waals surface area contributed by atoms with Crippen LogP contribution in [0.3, 0.4) is 0 Å². The van der Waals surface area contributed by atoms with Crippen molar-refractivity contribution in [3.8, 4) is 0 Å². The molecular weight excluding hydrogens is 358 g/mol. The van der Waals surface area contributed by atoms with Gasteiger partial charge in [-0.1, -0.05) is 26.0 Å². The molecule has 7 heteroatoms. The smallest absolute Gasteiger partial charge is 0.321 e. The van der Waals surface area contributed by atoms with Crippen molar-refractivity contribution in [2.45, 2.75) is 39.8 Å². The monoisotopic (exact) mass is 383 g/mol. The summed E-state index contributed by atoms with van der Waals surface area (Å²) in [7, 11) is 1.77. The number of anilines is 1. The van der Waals surface area contributed by atoms with Crippen LogP contribution in [0.1, 0.15) is 41.9 Å². The van der Waals surface area contributed by atoms with Crippen molar-refractivity contribution < 1.29 is 4.79 Å². The first-order chi connectivity index (χ1) is 12.9. The van der Waals surface area contributed by atoms with Crippen LogP contribution < -0.4 is 5.32 Å². The maximum atomic E-state index is 12.5. The van der Waals surface area contributed by atoms with E-state index in [1.165, 1.54) is 0 Å². The number of aryl methyl sites for hydroxylation is 1. The van der Waals surface area contributed by atoms with Gasteiger partial charge in [-0.2, -0.15) is 0 Å². The van der Waals surface area contributed by atoms with Crippen LogP contribution in [0.5, 0.6) is 0 Å². The fraction of sp³-hybridized carbons (Fsp3) is 0.350. The van der Waals surface area contributed by atoms with Crippen LogP contribution in [0.2, 0.25) is 0 Å². The largest absolute Gasteiger partial charge is 0.330 e. The maximum Gasteiger partial charge on any atom is 0.321 e. The summed E-state index contributed by atoms with van der Waals surface area (Å²) in [5.41, 5.74) is 2.81. The molecule has 1 aromatic carbocycles. The molecule has 0 aliphatic heterocycles. The number of aromatic nitrogens is 3. The summed E-state index contributed by atoms with van der Waals surface area (Å²) in [6.45, 7) is 7.45. The lowest BCUT2D eigenvalue weighted by Gasteiger charge is -2.17. The van der Waals surface area contributed by atoms with Gasteiger partial charge < -0.3 is 14.8 Å². The van der Waals surface area contributed by atoms with Gasteiger partial charge >= 0.3 is 6.03 Å². The second kappa shape index (κ2) is 8.35. The Morgan fingerprint density at radius 2 is 2.19 bits per heavy atom. The predicted octanol–water partition coefficient (Wildman–Crippen LogP) is 4.48. The van der Waals surface area contributed by atoms with Gasteiger partial charge in [0.1, 0.15) is 5.82 Å². The van der Waals surface area contributed by atoms with E-state index >= 15 is 0 Å². The topological polar surface area (TPSA) is 63.1 Å². The number of carbonyl (C=O) groups is 1. The van der Waals surface area contributed by atoms with Crippen LogP contribution >= 0.6 is 11.3 Å². The Morgan fingerprint density at radius 1 is 1.37 bits per heavy atom. The summed E-state index contributed by atoms with van der Waals surface area (Å²) in [6, 6.07) is 7.77. The first kappa shape index (κ1) is 19.1. The Morgan fingerprint density at radius 3 is 2.89 bits per heavy atom. The summed E-state index contributed by atoms with van der Waals surface area (Å²) in [5.74, 6) is 1.42. The van der Waals surface area contributed by atoms with Gasteiger partial charge in [-0.05, 0) is 24.6 Å². The Balaban J connectivity index is 1.64. The highest BCUT2D eigenvalue weighted by Crippen LogP contribution is 2.17. The second-order valence-electron chi connectivity index (χ2n) is 6.91. The number of imidazole rings is 1. The van der Waals surface area contributed by atoms with E-state index in [-0.39, 0.29) is 6.03 Å². The molecule has 0 saturated carbocycles. The minimum atomic E-state index is -0.150. The summed E-state index contributed by atoms with van der Waals surface area (Å²) in [6.07, 6.45) is 3.82. The number of benzene rings is 1. The molecule has 142 valence electrons. The van der Waals surface area contributed by atoms with Crippen LogP contribution in [0.25, 0.3) is 0 Å². The Hall–Kier alpha value is -2.67.